The van der Waals surface area contributed by atoms with Crippen LogP contribution in [0.3, 0.4) is 0 Å². The maximum absolute atomic E-state index is 12.3. The van der Waals surface area contributed by atoms with Gasteiger partial charge < -0.3 is 14.8 Å². The van der Waals surface area contributed by atoms with E-state index < -0.39 is 0 Å². The van der Waals surface area contributed by atoms with E-state index in [-0.39, 0.29) is 18.6 Å². The molecule has 1 aliphatic heterocycles. The van der Waals surface area contributed by atoms with Gasteiger partial charge in [0.1, 0.15) is 11.5 Å². The maximum Gasteiger partial charge on any atom is 0.258 e. The van der Waals surface area contributed by atoms with Crippen LogP contribution in [-0.2, 0) is 11.2 Å². The highest BCUT2D eigenvalue weighted by molar-refractivity contribution is 5.78. The first-order chi connectivity index (χ1) is 12.2. The van der Waals surface area contributed by atoms with Gasteiger partial charge in [0, 0.05) is 12.0 Å². The molecule has 1 amide bonds. The van der Waals surface area contributed by atoms with Gasteiger partial charge in [0.05, 0.1) is 12.6 Å². The van der Waals surface area contributed by atoms with E-state index in [1.165, 1.54) is 5.56 Å². The molecule has 1 aliphatic rings. The number of ether oxygens (including phenoxy) is 2. The van der Waals surface area contributed by atoms with Gasteiger partial charge in [-0.05, 0) is 37.1 Å². The number of carbonyl (C=O) groups excluding carboxylic acids is 1. The normalized spacial score (nSPS) is 15.8. The highest BCUT2D eigenvalue weighted by atomic mass is 16.5. The van der Waals surface area contributed by atoms with Gasteiger partial charge in [0.15, 0.2) is 6.61 Å². The van der Waals surface area contributed by atoms with Crippen LogP contribution in [0.15, 0.2) is 42.5 Å². The first-order valence-electron chi connectivity index (χ1n) is 8.90. The van der Waals surface area contributed by atoms with Gasteiger partial charge in [-0.1, -0.05) is 43.2 Å². The van der Waals surface area contributed by atoms with Crippen LogP contribution >= 0.6 is 0 Å². The second kappa shape index (κ2) is 8.06. The summed E-state index contributed by atoms with van der Waals surface area (Å²) in [4.78, 5) is 12.3. The Morgan fingerprint density at radius 2 is 2.04 bits per heavy atom. The van der Waals surface area contributed by atoms with E-state index in [9.17, 15) is 4.79 Å². The van der Waals surface area contributed by atoms with Crippen LogP contribution in [0, 0.1) is 6.92 Å². The number of hydrogen-bond donors (Lipinski definition) is 1. The second-order valence-corrected chi connectivity index (χ2v) is 6.48. The SMILES string of the molecule is CCCc1ccc(OCC(=O)NC2CCOc3ccc(C)cc32)cc1. The molecule has 0 aromatic heterocycles. The Balaban J connectivity index is 1.56. The Kier molecular flexibility index (Phi) is 5.59. The van der Waals surface area contributed by atoms with E-state index in [0.29, 0.717) is 6.61 Å². The monoisotopic (exact) mass is 339 g/mol. The molecular formula is C21H25NO3. The lowest BCUT2D eigenvalue weighted by molar-refractivity contribution is -0.124. The molecule has 4 nitrogen and oxygen atoms in total. The average molecular weight is 339 g/mol. The number of benzene rings is 2. The van der Waals surface area contributed by atoms with Gasteiger partial charge in [0.2, 0.25) is 0 Å². The zero-order valence-corrected chi connectivity index (χ0v) is 14.9. The van der Waals surface area contributed by atoms with Gasteiger partial charge in [-0.2, -0.15) is 0 Å². The van der Waals surface area contributed by atoms with Crippen molar-refractivity contribution >= 4 is 5.91 Å². The highest BCUT2D eigenvalue weighted by Crippen LogP contribution is 2.32. The van der Waals surface area contributed by atoms with Crippen molar-refractivity contribution in [3.8, 4) is 11.5 Å². The van der Waals surface area contributed by atoms with Gasteiger partial charge >= 0.3 is 0 Å². The fraction of sp³-hybridized carbons (Fsp3) is 0.381. The van der Waals surface area contributed by atoms with Crippen molar-refractivity contribution in [1.82, 2.24) is 5.32 Å². The third-order valence-electron chi connectivity index (χ3n) is 4.37. The van der Waals surface area contributed by atoms with Gasteiger partial charge in [-0.25, -0.2) is 0 Å². The molecule has 2 aromatic rings. The summed E-state index contributed by atoms with van der Waals surface area (Å²) < 4.78 is 11.3. The number of amides is 1. The van der Waals surface area contributed by atoms with E-state index in [2.05, 4.69) is 18.3 Å². The molecule has 0 saturated heterocycles. The third-order valence-corrected chi connectivity index (χ3v) is 4.37. The molecule has 3 rings (SSSR count). The Labute approximate surface area is 149 Å². The van der Waals surface area contributed by atoms with Crippen LogP contribution < -0.4 is 14.8 Å². The Morgan fingerprint density at radius 1 is 1.24 bits per heavy atom. The number of nitrogens with one attached hydrogen (secondary N) is 1. The molecule has 25 heavy (non-hydrogen) atoms. The lowest BCUT2D eigenvalue weighted by Crippen LogP contribution is -2.35. The Morgan fingerprint density at radius 3 is 2.80 bits per heavy atom. The van der Waals surface area contributed by atoms with E-state index >= 15 is 0 Å². The molecule has 0 spiro atoms. The van der Waals surface area contributed by atoms with E-state index in [1.54, 1.807) is 0 Å². The first kappa shape index (κ1) is 17.3. The number of fused-ring (bicyclic) bond motifs is 1. The zero-order valence-electron chi connectivity index (χ0n) is 14.9. The fourth-order valence-electron chi connectivity index (χ4n) is 3.09. The number of rotatable bonds is 6. The van der Waals surface area contributed by atoms with Crippen LogP contribution in [0.5, 0.6) is 11.5 Å². The molecule has 0 bridgehead atoms. The van der Waals surface area contributed by atoms with Crippen LogP contribution in [0.25, 0.3) is 0 Å². The van der Waals surface area contributed by atoms with Crippen molar-refractivity contribution in [2.45, 2.75) is 39.2 Å². The molecule has 1 atom stereocenters. The second-order valence-electron chi connectivity index (χ2n) is 6.48. The predicted octanol–water partition coefficient (Wildman–Crippen LogP) is 3.97. The zero-order chi connectivity index (χ0) is 17.6. The van der Waals surface area contributed by atoms with Gasteiger partial charge in [-0.3, -0.25) is 4.79 Å². The van der Waals surface area contributed by atoms with Gasteiger partial charge in [-0.15, -0.1) is 0 Å². The summed E-state index contributed by atoms with van der Waals surface area (Å²) in [7, 11) is 0. The molecule has 0 aliphatic carbocycles. The summed E-state index contributed by atoms with van der Waals surface area (Å²) in [5.74, 6) is 1.46. The van der Waals surface area contributed by atoms with E-state index in [1.807, 2.05) is 43.3 Å². The molecule has 1 N–H and O–H groups in total. The largest absolute Gasteiger partial charge is 0.493 e. The first-order valence-corrected chi connectivity index (χ1v) is 8.90. The summed E-state index contributed by atoms with van der Waals surface area (Å²) in [6.07, 6.45) is 2.95. The average Bonchev–Trinajstić information content (AvgIpc) is 2.62. The lowest BCUT2D eigenvalue weighted by Gasteiger charge is -2.27. The molecule has 0 saturated carbocycles. The van der Waals surface area contributed by atoms with E-state index in [4.69, 9.17) is 9.47 Å². The number of carbonyl (C=O) groups is 1. The molecule has 0 radical (unpaired) electrons. The minimum absolute atomic E-state index is 0.0195. The van der Waals surface area contributed by atoms with Crippen molar-refractivity contribution < 1.29 is 14.3 Å². The molecule has 1 unspecified atom stereocenters. The summed E-state index contributed by atoms with van der Waals surface area (Å²) >= 11 is 0. The minimum atomic E-state index is -0.114. The highest BCUT2D eigenvalue weighted by Gasteiger charge is 2.23. The van der Waals surface area contributed by atoms with Crippen molar-refractivity contribution in [2.75, 3.05) is 13.2 Å². The van der Waals surface area contributed by atoms with Gasteiger partial charge in [0.25, 0.3) is 5.91 Å². The smallest absolute Gasteiger partial charge is 0.258 e. The van der Waals surface area contributed by atoms with E-state index in [0.717, 1.165) is 41.9 Å². The lowest BCUT2D eigenvalue weighted by atomic mass is 9.98. The van der Waals surface area contributed by atoms with Crippen molar-refractivity contribution in [2.24, 2.45) is 0 Å². The summed E-state index contributed by atoms with van der Waals surface area (Å²) in [6.45, 7) is 4.83. The number of aryl methyl sites for hydroxylation is 2. The standard InChI is InChI=1S/C21H25NO3/c1-3-4-16-6-8-17(9-7-16)25-14-21(23)22-19-11-12-24-20-10-5-15(2)13-18(19)20/h5-10,13,19H,3-4,11-12,14H2,1-2H3,(H,22,23). The molecule has 2 aromatic carbocycles. The topological polar surface area (TPSA) is 47.6 Å². The predicted molar refractivity (Wildman–Crippen MR) is 98.1 cm³/mol. The summed E-state index contributed by atoms with van der Waals surface area (Å²) in [5.41, 5.74) is 3.49. The quantitative estimate of drug-likeness (QED) is 0.866. The summed E-state index contributed by atoms with van der Waals surface area (Å²) in [5, 5.41) is 3.06. The van der Waals surface area contributed by atoms with Crippen LogP contribution in [0.4, 0.5) is 0 Å². The Bertz CT molecular complexity index is 724. The molecule has 132 valence electrons. The minimum Gasteiger partial charge on any atom is -0.493 e. The number of hydrogen-bond acceptors (Lipinski definition) is 3. The van der Waals surface area contributed by atoms with Crippen molar-refractivity contribution in [3.63, 3.8) is 0 Å². The van der Waals surface area contributed by atoms with Crippen LogP contribution in [0.2, 0.25) is 0 Å². The third kappa shape index (κ3) is 4.53. The molecule has 4 heteroatoms. The summed E-state index contributed by atoms with van der Waals surface area (Å²) in [6, 6.07) is 14.0. The maximum atomic E-state index is 12.3. The molecule has 1 heterocycles. The van der Waals surface area contributed by atoms with Crippen molar-refractivity contribution in [3.05, 3.63) is 59.2 Å². The fourth-order valence-corrected chi connectivity index (χ4v) is 3.09. The molecular weight excluding hydrogens is 314 g/mol. The Hall–Kier alpha value is -2.49. The van der Waals surface area contributed by atoms with Crippen LogP contribution in [-0.4, -0.2) is 19.1 Å². The van der Waals surface area contributed by atoms with Crippen molar-refractivity contribution in [1.29, 1.82) is 0 Å². The molecule has 0 fully saturated rings. The van der Waals surface area contributed by atoms with Crippen LogP contribution in [0.1, 0.15) is 42.5 Å².